The smallest absolute Gasteiger partial charge is 0.179 e. The Kier molecular flexibility index (Phi) is 3.53. The van der Waals surface area contributed by atoms with E-state index >= 15 is 0 Å². The molecule has 1 unspecified atom stereocenters. The van der Waals surface area contributed by atoms with Crippen LogP contribution in [0.4, 0.5) is 0 Å². The van der Waals surface area contributed by atoms with Crippen molar-refractivity contribution in [1.82, 2.24) is 0 Å². The van der Waals surface area contributed by atoms with Gasteiger partial charge in [-0.2, -0.15) is 0 Å². The van der Waals surface area contributed by atoms with Crippen LogP contribution in [-0.4, -0.2) is 24.9 Å². The Morgan fingerprint density at radius 3 is 2.79 bits per heavy atom. The minimum Gasteiger partial charge on any atom is -0.501 e. The molecule has 2 heterocycles. The first-order valence-electron chi connectivity index (χ1n) is 6.33. The molecular formula is C14H15ClO4. The Labute approximate surface area is 116 Å². The van der Waals surface area contributed by atoms with Crippen LogP contribution in [0, 0.1) is 0 Å². The monoisotopic (exact) mass is 282 g/mol. The predicted octanol–water partition coefficient (Wildman–Crippen LogP) is 2.84. The maximum atomic E-state index is 10.4. The van der Waals surface area contributed by atoms with Gasteiger partial charge in [0.1, 0.15) is 19.3 Å². The molecule has 102 valence electrons. The summed E-state index contributed by atoms with van der Waals surface area (Å²) in [6, 6.07) is 3.50. The lowest BCUT2D eigenvalue weighted by atomic mass is 9.97. The normalized spacial score (nSPS) is 19.4. The van der Waals surface area contributed by atoms with E-state index in [4.69, 9.17) is 25.8 Å². The summed E-state index contributed by atoms with van der Waals surface area (Å²) in [7, 11) is 0. The molecule has 1 atom stereocenters. The van der Waals surface area contributed by atoms with Gasteiger partial charge in [0.25, 0.3) is 0 Å². The van der Waals surface area contributed by atoms with Crippen molar-refractivity contribution in [2.75, 3.05) is 19.8 Å². The lowest BCUT2D eigenvalue weighted by Gasteiger charge is -2.23. The topological polar surface area (TPSA) is 47.9 Å². The van der Waals surface area contributed by atoms with E-state index in [1.165, 1.54) is 0 Å². The molecule has 0 aliphatic carbocycles. The number of halogens is 1. The molecule has 0 fully saturated rings. The van der Waals surface area contributed by atoms with Gasteiger partial charge in [0, 0.05) is 0 Å². The van der Waals surface area contributed by atoms with Gasteiger partial charge in [0.2, 0.25) is 0 Å². The van der Waals surface area contributed by atoms with E-state index in [9.17, 15) is 5.11 Å². The lowest BCUT2D eigenvalue weighted by molar-refractivity contribution is 0.163. The number of aliphatic hydroxyl groups is 1. The van der Waals surface area contributed by atoms with Gasteiger partial charge in [0.05, 0.1) is 17.9 Å². The van der Waals surface area contributed by atoms with Crippen LogP contribution < -0.4 is 9.47 Å². The van der Waals surface area contributed by atoms with Gasteiger partial charge in [-0.05, 0) is 36.1 Å². The molecule has 2 aliphatic heterocycles. The Bertz CT molecular complexity index is 512. The van der Waals surface area contributed by atoms with Gasteiger partial charge in [-0.1, -0.05) is 11.6 Å². The third kappa shape index (κ3) is 2.51. The summed E-state index contributed by atoms with van der Waals surface area (Å²) in [6.45, 7) is 1.69. The first kappa shape index (κ1) is 12.6. The largest absolute Gasteiger partial charge is 0.501 e. The Hall–Kier alpha value is -1.39. The molecule has 1 aromatic carbocycles. The minimum atomic E-state index is -0.714. The molecule has 0 spiro atoms. The average Bonchev–Trinajstić information content (AvgIpc) is 2.47. The Balaban J connectivity index is 1.92. The quantitative estimate of drug-likeness (QED) is 0.906. The molecule has 19 heavy (non-hydrogen) atoms. The fourth-order valence-corrected chi connectivity index (χ4v) is 2.56. The molecule has 2 aliphatic rings. The number of rotatable bonds is 2. The lowest BCUT2D eigenvalue weighted by Crippen LogP contribution is -2.16. The summed E-state index contributed by atoms with van der Waals surface area (Å²) in [5.41, 5.74) is 1.56. The van der Waals surface area contributed by atoms with Crippen molar-refractivity contribution >= 4 is 11.6 Å². The molecule has 0 bridgehead atoms. The third-order valence-corrected chi connectivity index (χ3v) is 3.53. The molecule has 0 aromatic heterocycles. The summed E-state index contributed by atoms with van der Waals surface area (Å²) < 4.78 is 16.2. The second-order valence-electron chi connectivity index (χ2n) is 4.60. The summed E-state index contributed by atoms with van der Waals surface area (Å²) >= 11 is 6.16. The van der Waals surface area contributed by atoms with E-state index in [1.807, 2.05) is 0 Å². The molecule has 0 amide bonds. The molecule has 1 N–H and O–H groups in total. The molecule has 0 saturated heterocycles. The average molecular weight is 283 g/mol. The number of aliphatic hydroxyl groups excluding tert-OH is 1. The van der Waals surface area contributed by atoms with Crippen LogP contribution in [0.5, 0.6) is 11.5 Å². The van der Waals surface area contributed by atoms with Crippen molar-refractivity contribution in [3.05, 3.63) is 34.6 Å². The zero-order valence-electron chi connectivity index (χ0n) is 10.4. The van der Waals surface area contributed by atoms with E-state index in [-0.39, 0.29) is 0 Å². The van der Waals surface area contributed by atoms with Crippen molar-refractivity contribution in [2.24, 2.45) is 0 Å². The molecule has 0 radical (unpaired) electrons. The Morgan fingerprint density at radius 2 is 2.00 bits per heavy atom. The maximum Gasteiger partial charge on any atom is 0.179 e. The van der Waals surface area contributed by atoms with E-state index in [0.717, 1.165) is 18.4 Å². The summed E-state index contributed by atoms with van der Waals surface area (Å²) in [5.74, 6) is 1.14. The molecular weight excluding hydrogens is 268 g/mol. The molecule has 3 rings (SSSR count). The highest BCUT2D eigenvalue weighted by molar-refractivity contribution is 6.32. The number of ether oxygens (including phenoxy) is 3. The zero-order valence-corrected chi connectivity index (χ0v) is 11.2. The van der Waals surface area contributed by atoms with Gasteiger partial charge in [-0.15, -0.1) is 0 Å². The zero-order chi connectivity index (χ0) is 13.2. The highest BCUT2D eigenvalue weighted by Gasteiger charge is 2.22. The van der Waals surface area contributed by atoms with Gasteiger partial charge in [0.15, 0.2) is 11.5 Å². The van der Waals surface area contributed by atoms with Gasteiger partial charge >= 0.3 is 0 Å². The number of hydrogen-bond acceptors (Lipinski definition) is 4. The predicted molar refractivity (Wildman–Crippen MR) is 70.7 cm³/mol. The number of fused-ring (bicyclic) bond motifs is 1. The fourth-order valence-electron chi connectivity index (χ4n) is 2.29. The molecule has 5 heteroatoms. The van der Waals surface area contributed by atoms with Crippen molar-refractivity contribution < 1.29 is 19.3 Å². The van der Waals surface area contributed by atoms with Gasteiger partial charge < -0.3 is 19.3 Å². The highest BCUT2D eigenvalue weighted by atomic mass is 35.5. The number of benzene rings is 1. The summed E-state index contributed by atoms with van der Waals surface area (Å²) in [4.78, 5) is 0. The molecule has 4 nitrogen and oxygen atoms in total. The van der Waals surface area contributed by atoms with Crippen LogP contribution in [-0.2, 0) is 4.74 Å². The van der Waals surface area contributed by atoms with Crippen molar-refractivity contribution in [2.45, 2.75) is 18.9 Å². The first-order valence-corrected chi connectivity index (χ1v) is 6.71. The van der Waals surface area contributed by atoms with Crippen LogP contribution in [0.2, 0.25) is 5.02 Å². The van der Waals surface area contributed by atoms with Crippen molar-refractivity contribution in [3.8, 4) is 11.5 Å². The van der Waals surface area contributed by atoms with Crippen molar-refractivity contribution in [1.29, 1.82) is 0 Å². The van der Waals surface area contributed by atoms with Crippen LogP contribution in [0.25, 0.3) is 0 Å². The molecule has 1 aromatic rings. The molecule has 0 saturated carbocycles. The first-order chi connectivity index (χ1) is 9.25. The SMILES string of the molecule is OC(C1=COCCC1)c1cc(Cl)c2c(c1)OCCO2. The fraction of sp³-hybridized carbons (Fsp3) is 0.429. The Morgan fingerprint density at radius 1 is 1.16 bits per heavy atom. The van der Waals surface area contributed by atoms with E-state index < -0.39 is 6.10 Å². The summed E-state index contributed by atoms with van der Waals surface area (Å²) in [5, 5.41) is 10.8. The maximum absolute atomic E-state index is 10.4. The van der Waals surface area contributed by atoms with E-state index in [1.54, 1.807) is 18.4 Å². The van der Waals surface area contributed by atoms with Crippen LogP contribution in [0.15, 0.2) is 24.0 Å². The van der Waals surface area contributed by atoms with Crippen LogP contribution >= 0.6 is 11.6 Å². The number of hydrogen-bond donors (Lipinski definition) is 1. The standard InChI is InChI=1S/C14H15ClO4/c15-11-6-10(7-12-14(11)19-5-4-18-12)13(16)9-2-1-3-17-8-9/h6-8,13,16H,1-5H2. The van der Waals surface area contributed by atoms with Gasteiger partial charge in [-0.3, -0.25) is 0 Å². The van der Waals surface area contributed by atoms with Crippen LogP contribution in [0.3, 0.4) is 0 Å². The van der Waals surface area contributed by atoms with Crippen LogP contribution in [0.1, 0.15) is 24.5 Å². The minimum absolute atomic E-state index is 0.462. The summed E-state index contributed by atoms with van der Waals surface area (Å²) in [6.07, 6.45) is 2.67. The van der Waals surface area contributed by atoms with Gasteiger partial charge in [-0.25, -0.2) is 0 Å². The third-order valence-electron chi connectivity index (χ3n) is 3.25. The van der Waals surface area contributed by atoms with E-state index in [2.05, 4.69) is 0 Å². The van der Waals surface area contributed by atoms with Crippen molar-refractivity contribution in [3.63, 3.8) is 0 Å². The second kappa shape index (κ2) is 5.31. The van der Waals surface area contributed by atoms with E-state index in [0.29, 0.717) is 41.9 Å². The second-order valence-corrected chi connectivity index (χ2v) is 5.00. The highest BCUT2D eigenvalue weighted by Crippen LogP contribution is 2.41.